The van der Waals surface area contributed by atoms with Gasteiger partial charge in [-0.25, -0.2) is 13.8 Å². The van der Waals surface area contributed by atoms with Gasteiger partial charge in [0.1, 0.15) is 5.69 Å². The lowest BCUT2D eigenvalue weighted by Crippen LogP contribution is -1.95. The van der Waals surface area contributed by atoms with E-state index in [4.69, 9.17) is 0 Å². The molecule has 5 heteroatoms. The summed E-state index contributed by atoms with van der Waals surface area (Å²) in [5, 5.41) is 0. The van der Waals surface area contributed by atoms with Crippen LogP contribution in [-0.2, 0) is 0 Å². The smallest absolute Gasteiger partial charge is 0.264 e. The van der Waals surface area contributed by atoms with Gasteiger partial charge in [-0.1, -0.05) is 0 Å². The van der Waals surface area contributed by atoms with Crippen molar-refractivity contribution in [1.29, 1.82) is 0 Å². The van der Waals surface area contributed by atoms with E-state index in [1.54, 1.807) is 0 Å². The zero-order valence-corrected chi connectivity index (χ0v) is 5.80. The fraction of sp³-hybridized carbons (Fsp3) is 0.143. The minimum atomic E-state index is -2.79. The maximum Gasteiger partial charge on any atom is 0.264 e. The van der Waals surface area contributed by atoms with Crippen LogP contribution >= 0.6 is 0 Å². The third-order valence-electron chi connectivity index (χ3n) is 1.21. The lowest BCUT2D eigenvalue weighted by Gasteiger charge is -1.99. The van der Waals surface area contributed by atoms with Crippen LogP contribution in [0.1, 0.15) is 22.5 Å². The minimum Gasteiger partial charge on any atom is -0.296 e. The molecule has 0 amide bonds. The van der Waals surface area contributed by atoms with Crippen molar-refractivity contribution in [2.45, 2.75) is 6.43 Å². The molecule has 0 aliphatic carbocycles. The number of nitrogens with zero attached hydrogens (tertiary/aromatic N) is 1. The molecule has 0 radical (unpaired) electrons. The molecule has 2 nitrogen and oxygen atoms in total. The molecule has 0 N–H and O–H groups in total. The highest BCUT2D eigenvalue weighted by atomic mass is 19.3. The molecule has 1 aromatic heterocycles. The molecular weight excluding hydrogens is 171 g/mol. The summed E-state index contributed by atoms with van der Waals surface area (Å²) in [5.41, 5.74) is -0.866. The molecule has 1 aromatic rings. The standard InChI is InChI=1S/C7H4F3NO/c8-6-2-4(7(9)10)1-5(3-12)11-6/h1-3,7H. The third kappa shape index (κ3) is 1.81. The number of aromatic nitrogens is 1. The van der Waals surface area contributed by atoms with Crippen LogP contribution in [0.15, 0.2) is 12.1 Å². The molecule has 0 bridgehead atoms. The lowest BCUT2D eigenvalue weighted by molar-refractivity contribution is 0.111. The Morgan fingerprint density at radius 2 is 2.08 bits per heavy atom. The molecule has 0 saturated heterocycles. The number of pyridine rings is 1. The predicted molar refractivity (Wildman–Crippen MR) is 34.5 cm³/mol. The van der Waals surface area contributed by atoms with Crippen LogP contribution in [0.5, 0.6) is 0 Å². The molecule has 0 saturated carbocycles. The third-order valence-corrected chi connectivity index (χ3v) is 1.21. The maximum absolute atomic E-state index is 12.4. The van der Waals surface area contributed by atoms with E-state index >= 15 is 0 Å². The largest absolute Gasteiger partial charge is 0.296 e. The van der Waals surface area contributed by atoms with Gasteiger partial charge in [-0.15, -0.1) is 0 Å². The van der Waals surface area contributed by atoms with Crippen LogP contribution in [0.3, 0.4) is 0 Å². The first-order valence-corrected chi connectivity index (χ1v) is 3.04. The molecule has 0 spiro atoms. The number of carbonyl (C=O) groups excluding carboxylic acids is 1. The van der Waals surface area contributed by atoms with Gasteiger partial charge in [-0.05, 0) is 6.07 Å². The van der Waals surface area contributed by atoms with Gasteiger partial charge in [-0.2, -0.15) is 4.39 Å². The van der Waals surface area contributed by atoms with Crippen LogP contribution < -0.4 is 0 Å². The number of rotatable bonds is 2. The van der Waals surface area contributed by atoms with Crippen LogP contribution in [0.4, 0.5) is 13.2 Å². The average Bonchev–Trinajstić information content (AvgIpc) is 2.03. The summed E-state index contributed by atoms with van der Waals surface area (Å²) in [6.07, 6.45) is -2.57. The molecule has 0 unspecified atom stereocenters. The van der Waals surface area contributed by atoms with Crippen molar-refractivity contribution in [2.75, 3.05) is 0 Å². The summed E-state index contributed by atoms with van der Waals surface area (Å²) in [7, 11) is 0. The Kier molecular flexibility index (Phi) is 2.42. The molecule has 0 aromatic carbocycles. The molecular formula is C7H4F3NO. The molecule has 1 rings (SSSR count). The second-order valence-electron chi connectivity index (χ2n) is 2.07. The zero-order valence-electron chi connectivity index (χ0n) is 5.80. The van der Waals surface area contributed by atoms with Gasteiger partial charge < -0.3 is 0 Å². The molecule has 0 atom stereocenters. The summed E-state index contributed by atoms with van der Waals surface area (Å²) in [6.45, 7) is 0. The Morgan fingerprint density at radius 3 is 2.58 bits per heavy atom. The van der Waals surface area contributed by atoms with E-state index in [0.717, 1.165) is 6.07 Å². The Hall–Kier alpha value is -1.39. The first-order valence-electron chi connectivity index (χ1n) is 3.04. The van der Waals surface area contributed by atoms with Crippen molar-refractivity contribution in [2.24, 2.45) is 0 Å². The Balaban J connectivity index is 3.14. The maximum atomic E-state index is 12.4. The number of halogens is 3. The Labute approximate surface area is 66.0 Å². The Morgan fingerprint density at radius 1 is 1.42 bits per heavy atom. The molecule has 64 valence electrons. The van der Waals surface area contributed by atoms with Gasteiger partial charge in [0, 0.05) is 11.6 Å². The highest BCUT2D eigenvalue weighted by Crippen LogP contribution is 2.18. The molecule has 12 heavy (non-hydrogen) atoms. The predicted octanol–water partition coefficient (Wildman–Crippen LogP) is 1.97. The van der Waals surface area contributed by atoms with Crippen molar-refractivity contribution < 1.29 is 18.0 Å². The highest BCUT2D eigenvalue weighted by molar-refractivity contribution is 5.71. The normalized spacial score (nSPS) is 10.3. The van der Waals surface area contributed by atoms with Gasteiger partial charge in [0.2, 0.25) is 5.95 Å². The number of hydrogen-bond donors (Lipinski definition) is 0. The van der Waals surface area contributed by atoms with Gasteiger partial charge >= 0.3 is 0 Å². The van der Waals surface area contributed by atoms with Crippen molar-refractivity contribution in [1.82, 2.24) is 4.98 Å². The zero-order chi connectivity index (χ0) is 9.14. The van der Waals surface area contributed by atoms with Crippen molar-refractivity contribution >= 4 is 6.29 Å². The quantitative estimate of drug-likeness (QED) is 0.508. The topological polar surface area (TPSA) is 30.0 Å². The van der Waals surface area contributed by atoms with Gasteiger partial charge in [0.25, 0.3) is 6.43 Å². The molecule has 0 aliphatic heterocycles. The van der Waals surface area contributed by atoms with E-state index in [-0.39, 0.29) is 12.0 Å². The van der Waals surface area contributed by atoms with Crippen molar-refractivity contribution in [3.05, 3.63) is 29.3 Å². The molecule has 0 fully saturated rings. The van der Waals surface area contributed by atoms with Crippen LogP contribution in [0.2, 0.25) is 0 Å². The SMILES string of the molecule is O=Cc1cc(C(F)F)cc(F)n1. The monoisotopic (exact) mass is 175 g/mol. The van der Waals surface area contributed by atoms with Crippen LogP contribution in [-0.4, -0.2) is 11.3 Å². The van der Waals surface area contributed by atoms with Gasteiger partial charge in [0.05, 0.1) is 0 Å². The summed E-state index contributed by atoms with van der Waals surface area (Å²) in [5.74, 6) is -1.07. The number of carbonyl (C=O) groups is 1. The summed E-state index contributed by atoms with van der Waals surface area (Å²) in [6, 6.07) is 1.44. The van der Waals surface area contributed by atoms with E-state index in [2.05, 4.69) is 4.98 Å². The number of aldehydes is 1. The number of hydrogen-bond acceptors (Lipinski definition) is 2. The van der Waals surface area contributed by atoms with Gasteiger partial charge in [0.15, 0.2) is 6.29 Å². The van der Waals surface area contributed by atoms with E-state index < -0.39 is 17.9 Å². The van der Waals surface area contributed by atoms with Crippen molar-refractivity contribution in [3.63, 3.8) is 0 Å². The summed E-state index contributed by atoms with van der Waals surface area (Å²) >= 11 is 0. The first kappa shape index (κ1) is 8.70. The molecule has 1 heterocycles. The lowest BCUT2D eigenvalue weighted by atomic mass is 10.2. The van der Waals surface area contributed by atoms with E-state index in [9.17, 15) is 18.0 Å². The molecule has 0 aliphatic rings. The fourth-order valence-electron chi connectivity index (χ4n) is 0.724. The summed E-state index contributed by atoms with van der Waals surface area (Å²) in [4.78, 5) is 13.1. The average molecular weight is 175 g/mol. The number of alkyl halides is 2. The van der Waals surface area contributed by atoms with Crippen LogP contribution in [0.25, 0.3) is 0 Å². The van der Waals surface area contributed by atoms with Crippen molar-refractivity contribution in [3.8, 4) is 0 Å². The van der Waals surface area contributed by atoms with E-state index in [0.29, 0.717) is 6.07 Å². The first-order chi connectivity index (χ1) is 5.63. The second-order valence-corrected chi connectivity index (χ2v) is 2.07. The van der Waals surface area contributed by atoms with Gasteiger partial charge in [-0.3, -0.25) is 4.79 Å². The minimum absolute atomic E-state index is 0.217. The Bertz CT molecular complexity index is 301. The summed E-state index contributed by atoms with van der Waals surface area (Å²) < 4.78 is 36.3. The van der Waals surface area contributed by atoms with E-state index in [1.165, 1.54) is 0 Å². The van der Waals surface area contributed by atoms with E-state index in [1.807, 2.05) is 0 Å². The second kappa shape index (κ2) is 3.34. The fourth-order valence-corrected chi connectivity index (χ4v) is 0.724. The van der Waals surface area contributed by atoms with Crippen LogP contribution in [0, 0.1) is 5.95 Å². The highest BCUT2D eigenvalue weighted by Gasteiger charge is 2.10.